The molecule has 0 aliphatic rings. The van der Waals surface area contributed by atoms with Crippen LogP contribution in [0.5, 0.6) is 5.75 Å². The molecule has 1 aromatic rings. The largest absolute Gasteiger partial charge is 0.506 e. The van der Waals surface area contributed by atoms with Gasteiger partial charge < -0.3 is 5.11 Å². The molecule has 13 heavy (non-hydrogen) atoms. The number of aromatic hydroxyl groups is 1. The van der Waals surface area contributed by atoms with Crippen LogP contribution in [-0.4, -0.2) is 16.6 Å². The summed E-state index contributed by atoms with van der Waals surface area (Å²) in [6.07, 6.45) is 1.30. The Balaban J connectivity index is 2.66. The lowest BCUT2D eigenvalue weighted by Crippen LogP contribution is -1.80. The van der Waals surface area contributed by atoms with E-state index in [4.69, 9.17) is 10.6 Å². The van der Waals surface area contributed by atoms with E-state index in [1.165, 1.54) is 12.3 Å². The van der Waals surface area contributed by atoms with Gasteiger partial charge in [0.15, 0.2) is 0 Å². The SMILES string of the molecule is [N-]=[N+]=NCC#Cc1ccc(O)cn1. The van der Waals surface area contributed by atoms with Crippen LogP contribution in [0.4, 0.5) is 0 Å². The van der Waals surface area contributed by atoms with Gasteiger partial charge in [0, 0.05) is 4.91 Å². The van der Waals surface area contributed by atoms with Gasteiger partial charge in [-0.25, -0.2) is 4.98 Å². The van der Waals surface area contributed by atoms with E-state index in [2.05, 4.69) is 26.9 Å². The predicted octanol–water partition coefficient (Wildman–Crippen LogP) is 1.45. The van der Waals surface area contributed by atoms with Gasteiger partial charge in [0.05, 0.1) is 12.7 Å². The third kappa shape index (κ3) is 3.14. The molecular formula is C8H6N4O. The molecule has 1 N–H and O–H groups in total. The van der Waals surface area contributed by atoms with Gasteiger partial charge in [-0.1, -0.05) is 11.0 Å². The summed E-state index contributed by atoms with van der Waals surface area (Å²) in [5, 5.41) is 12.1. The van der Waals surface area contributed by atoms with Crippen molar-refractivity contribution in [3.05, 3.63) is 34.5 Å². The molecule has 5 heteroatoms. The fourth-order valence-electron chi connectivity index (χ4n) is 0.657. The zero-order valence-corrected chi connectivity index (χ0v) is 6.68. The summed E-state index contributed by atoms with van der Waals surface area (Å²) in [5.74, 6) is 5.37. The smallest absolute Gasteiger partial charge is 0.133 e. The summed E-state index contributed by atoms with van der Waals surface area (Å²) in [4.78, 5) is 6.36. The topological polar surface area (TPSA) is 81.9 Å². The zero-order chi connectivity index (χ0) is 9.52. The molecule has 0 saturated carbocycles. The van der Waals surface area contributed by atoms with E-state index in [0.717, 1.165) is 0 Å². The van der Waals surface area contributed by atoms with E-state index in [1.54, 1.807) is 6.07 Å². The molecule has 0 saturated heterocycles. The molecule has 0 atom stereocenters. The molecule has 0 aliphatic carbocycles. The third-order valence-corrected chi connectivity index (χ3v) is 1.18. The first-order chi connectivity index (χ1) is 6.33. The Kier molecular flexibility index (Phi) is 3.19. The zero-order valence-electron chi connectivity index (χ0n) is 6.68. The molecule has 1 rings (SSSR count). The maximum absolute atomic E-state index is 8.89. The number of rotatable bonds is 1. The molecule has 0 unspecified atom stereocenters. The number of hydrogen-bond acceptors (Lipinski definition) is 3. The van der Waals surface area contributed by atoms with Crippen molar-refractivity contribution in [3.8, 4) is 17.6 Å². The standard InChI is InChI=1S/C8H6N4O/c9-12-11-5-1-2-7-3-4-8(13)6-10-7/h3-4,6,13H,5H2. The van der Waals surface area contributed by atoms with Crippen molar-refractivity contribution < 1.29 is 5.11 Å². The number of aromatic nitrogens is 1. The number of azide groups is 1. The van der Waals surface area contributed by atoms with Gasteiger partial charge in [0.2, 0.25) is 0 Å². The van der Waals surface area contributed by atoms with E-state index in [9.17, 15) is 0 Å². The Labute approximate surface area is 74.7 Å². The summed E-state index contributed by atoms with van der Waals surface area (Å²) < 4.78 is 0. The minimum Gasteiger partial charge on any atom is -0.506 e. The fourth-order valence-corrected chi connectivity index (χ4v) is 0.657. The predicted molar refractivity (Wildman–Crippen MR) is 46.8 cm³/mol. The van der Waals surface area contributed by atoms with Gasteiger partial charge in [-0.15, -0.1) is 0 Å². The maximum Gasteiger partial charge on any atom is 0.133 e. The first-order valence-electron chi connectivity index (χ1n) is 3.47. The highest BCUT2D eigenvalue weighted by atomic mass is 16.3. The number of hydrogen-bond donors (Lipinski definition) is 1. The first-order valence-corrected chi connectivity index (χ1v) is 3.47. The monoisotopic (exact) mass is 174 g/mol. The lowest BCUT2D eigenvalue weighted by Gasteiger charge is -1.89. The summed E-state index contributed by atoms with van der Waals surface area (Å²) in [5.41, 5.74) is 8.47. The van der Waals surface area contributed by atoms with Crippen molar-refractivity contribution >= 4 is 0 Å². The van der Waals surface area contributed by atoms with Crippen molar-refractivity contribution in [2.24, 2.45) is 5.11 Å². The van der Waals surface area contributed by atoms with E-state index in [1.807, 2.05) is 0 Å². The van der Waals surface area contributed by atoms with Crippen LogP contribution in [0.25, 0.3) is 10.4 Å². The molecule has 0 aromatic carbocycles. The van der Waals surface area contributed by atoms with Crippen LogP contribution in [0.1, 0.15) is 5.69 Å². The van der Waals surface area contributed by atoms with Gasteiger partial charge in [0.1, 0.15) is 11.4 Å². The molecule has 0 amide bonds. The molecular weight excluding hydrogens is 168 g/mol. The molecule has 0 aliphatic heterocycles. The van der Waals surface area contributed by atoms with Crippen molar-refractivity contribution in [2.75, 3.05) is 6.54 Å². The van der Waals surface area contributed by atoms with Gasteiger partial charge >= 0.3 is 0 Å². The van der Waals surface area contributed by atoms with E-state index < -0.39 is 0 Å². The minimum atomic E-state index is 0.0978. The quantitative estimate of drug-likeness (QED) is 0.302. The Bertz CT molecular complexity index is 381. The average Bonchev–Trinajstić information content (AvgIpc) is 2.15. The van der Waals surface area contributed by atoms with E-state index in [0.29, 0.717) is 5.69 Å². The van der Waals surface area contributed by atoms with Gasteiger partial charge in [0.25, 0.3) is 0 Å². The van der Waals surface area contributed by atoms with Crippen molar-refractivity contribution in [1.29, 1.82) is 0 Å². The highest BCUT2D eigenvalue weighted by Crippen LogP contribution is 2.04. The van der Waals surface area contributed by atoms with Crippen LogP contribution in [0.2, 0.25) is 0 Å². The average molecular weight is 174 g/mol. The lowest BCUT2D eigenvalue weighted by molar-refractivity contribution is 0.472. The molecule has 0 radical (unpaired) electrons. The van der Waals surface area contributed by atoms with Crippen molar-refractivity contribution in [1.82, 2.24) is 4.98 Å². The van der Waals surface area contributed by atoms with Crippen molar-refractivity contribution in [3.63, 3.8) is 0 Å². The second-order valence-corrected chi connectivity index (χ2v) is 2.09. The maximum atomic E-state index is 8.89. The molecule has 0 spiro atoms. The third-order valence-electron chi connectivity index (χ3n) is 1.18. The highest BCUT2D eigenvalue weighted by Gasteiger charge is 1.87. The first kappa shape index (κ1) is 8.91. The van der Waals surface area contributed by atoms with Crippen LogP contribution in [0.15, 0.2) is 23.4 Å². The minimum absolute atomic E-state index is 0.0978. The summed E-state index contributed by atoms with van der Waals surface area (Å²) >= 11 is 0. The van der Waals surface area contributed by atoms with Gasteiger partial charge in [-0.05, 0) is 23.6 Å². The molecule has 5 nitrogen and oxygen atoms in total. The normalized spacial score (nSPS) is 8.00. The fraction of sp³-hybridized carbons (Fsp3) is 0.125. The summed E-state index contributed by atoms with van der Waals surface area (Å²) in [7, 11) is 0. The highest BCUT2D eigenvalue weighted by molar-refractivity contribution is 5.30. The number of nitrogens with zero attached hydrogens (tertiary/aromatic N) is 4. The summed E-state index contributed by atoms with van der Waals surface area (Å²) in [6, 6.07) is 3.07. The second kappa shape index (κ2) is 4.65. The van der Waals surface area contributed by atoms with Gasteiger partial charge in [-0.3, -0.25) is 0 Å². The summed E-state index contributed by atoms with van der Waals surface area (Å²) in [6.45, 7) is 0.124. The van der Waals surface area contributed by atoms with Gasteiger partial charge in [-0.2, -0.15) is 0 Å². The molecule has 1 aromatic heterocycles. The van der Waals surface area contributed by atoms with Crippen LogP contribution in [-0.2, 0) is 0 Å². The lowest BCUT2D eigenvalue weighted by atomic mass is 10.3. The molecule has 0 bridgehead atoms. The Morgan fingerprint density at radius 3 is 3.08 bits per heavy atom. The second-order valence-electron chi connectivity index (χ2n) is 2.09. The number of pyridine rings is 1. The molecule has 1 heterocycles. The Hall–Kier alpha value is -2.18. The van der Waals surface area contributed by atoms with Crippen LogP contribution in [0, 0.1) is 11.8 Å². The Morgan fingerprint density at radius 2 is 2.46 bits per heavy atom. The van der Waals surface area contributed by atoms with Crippen LogP contribution >= 0.6 is 0 Å². The van der Waals surface area contributed by atoms with E-state index >= 15 is 0 Å². The Morgan fingerprint density at radius 1 is 1.62 bits per heavy atom. The van der Waals surface area contributed by atoms with Crippen molar-refractivity contribution in [2.45, 2.75) is 0 Å². The molecule has 0 fully saturated rings. The van der Waals surface area contributed by atoms with E-state index in [-0.39, 0.29) is 12.3 Å². The van der Waals surface area contributed by atoms with Crippen LogP contribution < -0.4 is 0 Å². The van der Waals surface area contributed by atoms with Crippen LogP contribution in [0.3, 0.4) is 0 Å². The molecule has 64 valence electrons.